The van der Waals surface area contributed by atoms with Gasteiger partial charge in [0.05, 0.1) is 25.3 Å². The Kier molecular flexibility index (Phi) is 6.05. The number of amides is 1. The van der Waals surface area contributed by atoms with Crippen molar-refractivity contribution in [2.75, 3.05) is 31.6 Å². The zero-order chi connectivity index (χ0) is 22.0. The normalized spacial score (nSPS) is 22.3. The van der Waals surface area contributed by atoms with Crippen LogP contribution in [0.15, 0.2) is 36.5 Å². The van der Waals surface area contributed by atoms with Crippen LogP contribution in [0.1, 0.15) is 24.5 Å². The summed E-state index contributed by atoms with van der Waals surface area (Å²) < 4.78 is 18.5. The van der Waals surface area contributed by atoms with E-state index < -0.39 is 5.82 Å². The van der Waals surface area contributed by atoms with Crippen molar-refractivity contribution >= 4 is 11.7 Å². The number of nitriles is 1. The van der Waals surface area contributed by atoms with E-state index in [1.54, 1.807) is 24.4 Å². The lowest BCUT2D eigenvalue weighted by molar-refractivity contribution is -0.131. The van der Waals surface area contributed by atoms with E-state index in [0.29, 0.717) is 31.1 Å². The molecule has 2 aliphatic rings. The van der Waals surface area contributed by atoms with Gasteiger partial charge in [0.25, 0.3) is 0 Å². The molecule has 2 aliphatic heterocycles. The first kappa shape index (κ1) is 21.1. The summed E-state index contributed by atoms with van der Waals surface area (Å²) >= 11 is 0. The number of carbonyl (C=O) groups excluding carboxylic acids is 1. The number of aromatic nitrogens is 1. The smallest absolute Gasteiger partial charge is 0.236 e. The molecule has 7 nitrogen and oxygen atoms in total. The maximum atomic E-state index is 13.5. The molecule has 0 spiro atoms. The summed E-state index contributed by atoms with van der Waals surface area (Å²) in [7, 11) is 1.43. The third-order valence-electron chi connectivity index (χ3n) is 6.21. The molecule has 3 atom stereocenters. The van der Waals surface area contributed by atoms with Crippen LogP contribution in [0.2, 0.25) is 0 Å². The standard InChI is InChI=1S/C23H26FN5O2/c1-15-7-18-13-28(14-20(15)29(18)22-6-4-17(9-25)11-27-22)23(30)12-26-10-16-3-5-19(24)21(8-16)31-2/h3-6,8,11,15,18,20,26H,7,10,12-14H2,1-2H3/t15-,18?,20?/m0/s1. The van der Waals surface area contributed by atoms with E-state index >= 15 is 0 Å². The molecule has 2 fully saturated rings. The number of likely N-dealkylation sites (tertiary alicyclic amines) is 1. The summed E-state index contributed by atoms with van der Waals surface area (Å²) in [5.74, 6) is 1.18. The first-order valence-electron chi connectivity index (χ1n) is 10.5. The van der Waals surface area contributed by atoms with Crippen LogP contribution in [0.3, 0.4) is 0 Å². The molecule has 1 N–H and O–H groups in total. The predicted molar refractivity (Wildman–Crippen MR) is 114 cm³/mol. The van der Waals surface area contributed by atoms with E-state index in [2.05, 4.69) is 28.2 Å². The van der Waals surface area contributed by atoms with Gasteiger partial charge in [-0.15, -0.1) is 0 Å². The van der Waals surface area contributed by atoms with Crippen LogP contribution in [-0.4, -0.2) is 54.6 Å². The average Bonchev–Trinajstić information content (AvgIpc) is 2.98. The second-order valence-electron chi connectivity index (χ2n) is 8.23. The van der Waals surface area contributed by atoms with Gasteiger partial charge >= 0.3 is 0 Å². The number of nitrogens with one attached hydrogen (secondary N) is 1. The van der Waals surface area contributed by atoms with Crippen LogP contribution in [0.5, 0.6) is 5.75 Å². The van der Waals surface area contributed by atoms with Crippen molar-refractivity contribution in [2.45, 2.75) is 32.0 Å². The molecule has 31 heavy (non-hydrogen) atoms. The third kappa shape index (κ3) is 4.32. The van der Waals surface area contributed by atoms with Gasteiger partial charge in [-0.3, -0.25) is 4.79 Å². The predicted octanol–water partition coefficient (Wildman–Crippen LogP) is 2.32. The van der Waals surface area contributed by atoms with Gasteiger partial charge in [-0.25, -0.2) is 9.37 Å². The number of pyridine rings is 1. The van der Waals surface area contributed by atoms with Crippen LogP contribution in [-0.2, 0) is 11.3 Å². The van der Waals surface area contributed by atoms with Gasteiger partial charge in [0.1, 0.15) is 11.9 Å². The maximum Gasteiger partial charge on any atom is 0.236 e. The van der Waals surface area contributed by atoms with Gasteiger partial charge in [0.2, 0.25) is 5.91 Å². The van der Waals surface area contributed by atoms with E-state index in [1.807, 2.05) is 11.0 Å². The summed E-state index contributed by atoms with van der Waals surface area (Å²) in [4.78, 5) is 21.5. The second kappa shape index (κ2) is 8.90. The minimum absolute atomic E-state index is 0.0608. The van der Waals surface area contributed by atoms with Crippen molar-refractivity contribution < 1.29 is 13.9 Å². The molecule has 1 amide bonds. The van der Waals surface area contributed by atoms with Gasteiger partial charge in [0.15, 0.2) is 11.6 Å². The number of methoxy groups -OCH3 is 1. The molecule has 0 radical (unpaired) electrons. The van der Waals surface area contributed by atoms with Crippen molar-refractivity contribution in [3.63, 3.8) is 0 Å². The Labute approximate surface area is 181 Å². The Morgan fingerprint density at radius 3 is 2.87 bits per heavy atom. The molecule has 2 saturated heterocycles. The highest BCUT2D eigenvalue weighted by molar-refractivity contribution is 5.79. The SMILES string of the molecule is COc1cc(CNCC(=O)N2CC3C[C@H](C)C(C2)N3c2ccc(C#N)cn2)ccc1F. The number of ether oxygens (including phenoxy) is 1. The van der Waals surface area contributed by atoms with Gasteiger partial charge in [-0.1, -0.05) is 13.0 Å². The quantitative estimate of drug-likeness (QED) is 0.768. The van der Waals surface area contributed by atoms with Crippen molar-refractivity contribution in [3.05, 3.63) is 53.5 Å². The Bertz CT molecular complexity index is 990. The largest absolute Gasteiger partial charge is 0.494 e. The van der Waals surface area contributed by atoms with Crippen LogP contribution in [0.25, 0.3) is 0 Å². The lowest BCUT2D eigenvalue weighted by Gasteiger charge is -2.42. The zero-order valence-electron chi connectivity index (χ0n) is 17.7. The number of anilines is 1. The topological polar surface area (TPSA) is 81.5 Å². The van der Waals surface area contributed by atoms with Crippen LogP contribution in [0.4, 0.5) is 10.2 Å². The molecular formula is C23H26FN5O2. The van der Waals surface area contributed by atoms with Crippen LogP contribution in [0, 0.1) is 23.1 Å². The Morgan fingerprint density at radius 2 is 2.19 bits per heavy atom. The van der Waals surface area contributed by atoms with Gasteiger partial charge < -0.3 is 19.9 Å². The molecule has 8 heteroatoms. The molecule has 2 bridgehead atoms. The number of piperazine rings is 1. The summed E-state index contributed by atoms with van der Waals surface area (Å²) in [5, 5.41) is 12.2. The first-order valence-corrected chi connectivity index (χ1v) is 10.5. The first-order chi connectivity index (χ1) is 15.0. The monoisotopic (exact) mass is 423 g/mol. The fraction of sp³-hybridized carbons (Fsp3) is 0.435. The number of hydrogen-bond acceptors (Lipinski definition) is 6. The Hall–Kier alpha value is -3.18. The fourth-order valence-electron chi connectivity index (χ4n) is 4.64. The fourth-order valence-corrected chi connectivity index (χ4v) is 4.64. The molecular weight excluding hydrogens is 397 g/mol. The van der Waals surface area contributed by atoms with E-state index in [1.165, 1.54) is 13.2 Å². The third-order valence-corrected chi connectivity index (χ3v) is 6.21. The van der Waals surface area contributed by atoms with Crippen molar-refractivity contribution in [1.82, 2.24) is 15.2 Å². The summed E-state index contributed by atoms with van der Waals surface area (Å²) in [6.45, 7) is 4.22. The molecule has 2 unspecified atom stereocenters. The van der Waals surface area contributed by atoms with E-state index in [4.69, 9.17) is 10.00 Å². The lowest BCUT2D eigenvalue weighted by atomic mass is 10.0. The van der Waals surface area contributed by atoms with Gasteiger partial charge in [-0.2, -0.15) is 5.26 Å². The number of hydrogen-bond donors (Lipinski definition) is 1. The second-order valence-corrected chi connectivity index (χ2v) is 8.23. The molecule has 0 saturated carbocycles. The Balaban J connectivity index is 1.35. The molecule has 3 heterocycles. The van der Waals surface area contributed by atoms with E-state index in [-0.39, 0.29) is 30.3 Å². The minimum atomic E-state index is -0.401. The molecule has 0 aliphatic carbocycles. The maximum absolute atomic E-state index is 13.5. The van der Waals surface area contributed by atoms with Crippen LogP contribution < -0.4 is 15.0 Å². The number of rotatable bonds is 6. The molecule has 2 aromatic rings. The zero-order valence-corrected chi connectivity index (χ0v) is 17.7. The summed E-state index contributed by atoms with van der Waals surface area (Å²) in [6, 6.07) is 10.9. The summed E-state index contributed by atoms with van der Waals surface area (Å²) in [6.07, 6.45) is 2.62. The average molecular weight is 423 g/mol. The van der Waals surface area contributed by atoms with Crippen molar-refractivity contribution in [2.24, 2.45) is 5.92 Å². The molecule has 1 aromatic heterocycles. The number of benzene rings is 1. The van der Waals surface area contributed by atoms with Crippen molar-refractivity contribution in [3.8, 4) is 11.8 Å². The van der Waals surface area contributed by atoms with Gasteiger partial charge in [0, 0.05) is 31.9 Å². The number of nitrogens with zero attached hydrogens (tertiary/aromatic N) is 4. The minimum Gasteiger partial charge on any atom is -0.494 e. The van der Waals surface area contributed by atoms with Crippen molar-refractivity contribution in [1.29, 1.82) is 5.26 Å². The summed E-state index contributed by atoms with van der Waals surface area (Å²) in [5.41, 5.74) is 1.40. The number of fused-ring (bicyclic) bond motifs is 2. The van der Waals surface area contributed by atoms with Gasteiger partial charge in [-0.05, 0) is 42.2 Å². The lowest BCUT2D eigenvalue weighted by Crippen LogP contribution is -2.57. The van der Waals surface area contributed by atoms with Crippen LogP contribution >= 0.6 is 0 Å². The molecule has 4 rings (SSSR count). The highest BCUT2D eigenvalue weighted by Crippen LogP contribution is 2.37. The Morgan fingerprint density at radius 1 is 1.35 bits per heavy atom. The van der Waals surface area contributed by atoms with E-state index in [0.717, 1.165) is 17.8 Å². The number of carbonyl (C=O) groups is 1. The molecule has 1 aromatic carbocycles. The van der Waals surface area contributed by atoms with E-state index in [9.17, 15) is 9.18 Å². The number of halogens is 1. The molecule has 162 valence electrons. The highest BCUT2D eigenvalue weighted by atomic mass is 19.1. The highest BCUT2D eigenvalue weighted by Gasteiger charge is 2.45.